The van der Waals surface area contributed by atoms with Gasteiger partial charge in [-0.3, -0.25) is 9.59 Å². The lowest BCUT2D eigenvalue weighted by Gasteiger charge is -2.12. The van der Waals surface area contributed by atoms with Gasteiger partial charge in [0.05, 0.1) is 12.2 Å². The van der Waals surface area contributed by atoms with Crippen LogP contribution in [-0.2, 0) is 19.6 Å². The summed E-state index contributed by atoms with van der Waals surface area (Å²) in [4.78, 5) is 21.2. The fourth-order valence-electron chi connectivity index (χ4n) is 1.24. The third kappa shape index (κ3) is 4.58. The van der Waals surface area contributed by atoms with Gasteiger partial charge in [-0.25, -0.2) is 13.1 Å². The van der Waals surface area contributed by atoms with Crippen molar-refractivity contribution in [1.29, 1.82) is 0 Å². The van der Waals surface area contributed by atoms with Crippen LogP contribution in [0.1, 0.15) is 19.3 Å². The monoisotopic (exact) mass is 250 g/mol. The summed E-state index contributed by atoms with van der Waals surface area (Å²) in [5, 5.41) is 8.70. The predicted molar refractivity (Wildman–Crippen MR) is 54.9 cm³/mol. The van der Waals surface area contributed by atoms with E-state index in [1.54, 1.807) is 0 Å². The summed E-state index contributed by atoms with van der Waals surface area (Å²) in [5.74, 6) is -2.24. The average Bonchev–Trinajstić information content (AvgIpc) is 2.84. The molecule has 0 aliphatic heterocycles. The maximum absolute atomic E-state index is 11.5. The molecular formula is C8H14N2O5S. The first kappa shape index (κ1) is 12.9. The minimum absolute atomic E-state index is 0.0878. The number of hydrogen-bond acceptors (Lipinski definition) is 4. The SMILES string of the molecule is NC(=O)CC(NS(=O)(=O)CC1CC1)C(=O)O. The number of sulfonamides is 1. The number of carbonyl (C=O) groups excluding carboxylic acids is 1. The fourth-order valence-corrected chi connectivity index (χ4v) is 2.91. The minimum atomic E-state index is -3.65. The number of nitrogens with one attached hydrogen (secondary N) is 1. The Morgan fingerprint density at radius 1 is 1.44 bits per heavy atom. The Morgan fingerprint density at radius 2 is 2.00 bits per heavy atom. The molecule has 0 saturated heterocycles. The van der Waals surface area contributed by atoms with Crippen molar-refractivity contribution in [2.45, 2.75) is 25.3 Å². The normalized spacial score (nSPS) is 18.0. The zero-order valence-electron chi connectivity index (χ0n) is 8.55. The molecule has 0 aromatic carbocycles. The standard InChI is InChI=1S/C8H14N2O5S/c9-7(11)3-6(8(12)13)10-16(14,15)4-5-1-2-5/h5-6,10H,1-4H2,(H2,9,11)(H,12,13). The van der Waals surface area contributed by atoms with Gasteiger partial charge in [0, 0.05) is 0 Å². The van der Waals surface area contributed by atoms with Gasteiger partial charge >= 0.3 is 5.97 Å². The van der Waals surface area contributed by atoms with Crippen molar-refractivity contribution in [2.75, 3.05) is 5.75 Å². The highest BCUT2D eigenvalue weighted by molar-refractivity contribution is 7.89. The van der Waals surface area contributed by atoms with Crippen LogP contribution in [0, 0.1) is 5.92 Å². The van der Waals surface area contributed by atoms with Crippen LogP contribution in [0.25, 0.3) is 0 Å². The molecule has 16 heavy (non-hydrogen) atoms. The molecule has 1 rings (SSSR count). The largest absolute Gasteiger partial charge is 0.480 e. The van der Waals surface area contributed by atoms with Crippen molar-refractivity contribution in [3.8, 4) is 0 Å². The predicted octanol–water partition coefficient (Wildman–Crippen LogP) is -1.36. The Labute approximate surface area is 93.1 Å². The van der Waals surface area contributed by atoms with Gasteiger partial charge in [-0.15, -0.1) is 0 Å². The van der Waals surface area contributed by atoms with Crippen LogP contribution < -0.4 is 10.5 Å². The number of aliphatic carboxylic acids is 1. The number of carboxylic acid groups (broad SMARTS) is 1. The third-order valence-corrected chi connectivity index (χ3v) is 3.73. The Morgan fingerprint density at radius 3 is 2.38 bits per heavy atom. The molecule has 1 fully saturated rings. The van der Waals surface area contributed by atoms with Crippen LogP contribution in [0.15, 0.2) is 0 Å². The fraction of sp³-hybridized carbons (Fsp3) is 0.750. The molecule has 0 aromatic rings. The van der Waals surface area contributed by atoms with Crippen molar-refractivity contribution in [1.82, 2.24) is 4.72 Å². The summed E-state index contributed by atoms with van der Waals surface area (Å²) in [6.45, 7) is 0. The lowest BCUT2D eigenvalue weighted by Crippen LogP contribution is -2.44. The molecule has 0 spiro atoms. The van der Waals surface area contributed by atoms with E-state index in [-0.39, 0.29) is 11.7 Å². The lowest BCUT2D eigenvalue weighted by atomic mass is 10.2. The Hall–Kier alpha value is -1.15. The van der Waals surface area contributed by atoms with Crippen molar-refractivity contribution >= 4 is 21.9 Å². The molecule has 1 unspecified atom stereocenters. The zero-order valence-corrected chi connectivity index (χ0v) is 9.37. The summed E-state index contributed by atoms with van der Waals surface area (Å²) in [6.07, 6.45) is 1.14. The van der Waals surface area contributed by atoms with Gasteiger partial charge < -0.3 is 10.8 Å². The molecule has 8 heteroatoms. The second kappa shape index (κ2) is 4.79. The van der Waals surface area contributed by atoms with Crippen LogP contribution in [0.2, 0.25) is 0 Å². The highest BCUT2D eigenvalue weighted by atomic mass is 32.2. The molecule has 0 radical (unpaired) electrons. The van der Waals surface area contributed by atoms with Crippen molar-refractivity contribution in [3.05, 3.63) is 0 Å². The molecule has 1 amide bonds. The van der Waals surface area contributed by atoms with E-state index < -0.39 is 34.4 Å². The number of amides is 1. The molecule has 0 aromatic heterocycles. The van der Waals surface area contributed by atoms with Gasteiger partial charge in [-0.05, 0) is 18.8 Å². The molecule has 7 nitrogen and oxygen atoms in total. The second-order valence-electron chi connectivity index (χ2n) is 3.90. The number of nitrogens with two attached hydrogens (primary N) is 1. The Balaban J connectivity index is 2.58. The topological polar surface area (TPSA) is 127 Å². The molecule has 92 valence electrons. The van der Waals surface area contributed by atoms with Crippen molar-refractivity contribution in [2.24, 2.45) is 11.7 Å². The summed E-state index contributed by atoms with van der Waals surface area (Å²) in [5.41, 5.74) is 4.83. The number of carboxylic acids is 1. The second-order valence-corrected chi connectivity index (χ2v) is 5.70. The smallest absolute Gasteiger partial charge is 0.322 e. The quantitative estimate of drug-likeness (QED) is 0.514. The average molecular weight is 250 g/mol. The molecule has 1 aliphatic carbocycles. The number of carbonyl (C=O) groups is 2. The molecule has 1 atom stereocenters. The number of primary amides is 1. The molecular weight excluding hydrogens is 236 g/mol. The van der Waals surface area contributed by atoms with Gasteiger partial charge in [-0.1, -0.05) is 0 Å². The number of hydrogen-bond donors (Lipinski definition) is 3. The molecule has 4 N–H and O–H groups in total. The van der Waals surface area contributed by atoms with E-state index in [0.29, 0.717) is 0 Å². The maximum Gasteiger partial charge on any atom is 0.322 e. The van der Waals surface area contributed by atoms with Crippen molar-refractivity contribution in [3.63, 3.8) is 0 Å². The van der Waals surface area contributed by atoms with Crippen LogP contribution in [0.5, 0.6) is 0 Å². The third-order valence-electron chi connectivity index (χ3n) is 2.18. The minimum Gasteiger partial charge on any atom is -0.480 e. The van der Waals surface area contributed by atoms with E-state index in [4.69, 9.17) is 10.8 Å². The molecule has 1 saturated carbocycles. The lowest BCUT2D eigenvalue weighted by molar-refractivity contribution is -0.140. The molecule has 1 aliphatic rings. The summed E-state index contributed by atoms with van der Waals surface area (Å²) in [7, 11) is -3.65. The van der Waals surface area contributed by atoms with E-state index in [2.05, 4.69) is 0 Å². The first-order valence-corrected chi connectivity index (χ1v) is 6.46. The van der Waals surface area contributed by atoms with Gasteiger partial charge in [0.1, 0.15) is 6.04 Å². The van der Waals surface area contributed by atoms with Gasteiger partial charge in [0.2, 0.25) is 15.9 Å². The van der Waals surface area contributed by atoms with E-state index >= 15 is 0 Å². The summed E-state index contributed by atoms with van der Waals surface area (Å²) in [6, 6.07) is -1.47. The summed E-state index contributed by atoms with van der Waals surface area (Å²) < 4.78 is 24.9. The van der Waals surface area contributed by atoms with Crippen LogP contribution in [0.4, 0.5) is 0 Å². The zero-order chi connectivity index (χ0) is 12.3. The highest BCUT2D eigenvalue weighted by Gasteiger charge is 2.31. The van der Waals surface area contributed by atoms with Gasteiger partial charge in [-0.2, -0.15) is 0 Å². The van der Waals surface area contributed by atoms with E-state index in [1.807, 2.05) is 4.72 Å². The van der Waals surface area contributed by atoms with E-state index in [0.717, 1.165) is 12.8 Å². The molecule has 0 bridgehead atoms. The first-order valence-electron chi connectivity index (χ1n) is 4.81. The van der Waals surface area contributed by atoms with Crippen LogP contribution >= 0.6 is 0 Å². The van der Waals surface area contributed by atoms with E-state index in [1.165, 1.54) is 0 Å². The van der Waals surface area contributed by atoms with Gasteiger partial charge in [0.25, 0.3) is 0 Å². The van der Waals surface area contributed by atoms with Gasteiger partial charge in [0.15, 0.2) is 0 Å². The Bertz CT molecular complexity index is 387. The number of rotatable bonds is 7. The highest BCUT2D eigenvalue weighted by Crippen LogP contribution is 2.30. The van der Waals surface area contributed by atoms with E-state index in [9.17, 15) is 18.0 Å². The van der Waals surface area contributed by atoms with Crippen LogP contribution in [0.3, 0.4) is 0 Å². The van der Waals surface area contributed by atoms with Crippen LogP contribution in [-0.4, -0.2) is 37.2 Å². The van der Waals surface area contributed by atoms with Crippen molar-refractivity contribution < 1.29 is 23.1 Å². The molecule has 0 heterocycles. The maximum atomic E-state index is 11.5. The Kier molecular flexibility index (Phi) is 3.87. The summed E-state index contributed by atoms with van der Waals surface area (Å²) >= 11 is 0. The first-order chi connectivity index (χ1) is 7.30.